The van der Waals surface area contributed by atoms with Gasteiger partial charge < -0.3 is 0 Å². The fourth-order valence-electron chi connectivity index (χ4n) is 2.87. The van der Waals surface area contributed by atoms with Gasteiger partial charge in [0, 0.05) is 27.8 Å². The molecule has 2 aromatic carbocycles. The van der Waals surface area contributed by atoms with E-state index in [0.29, 0.717) is 22.3 Å². The first-order valence-electron chi connectivity index (χ1n) is 7.43. The zero-order valence-electron chi connectivity index (χ0n) is 12.2. The zero-order chi connectivity index (χ0) is 15.8. The molecule has 0 saturated heterocycles. The Kier molecular flexibility index (Phi) is 3.06. The first kappa shape index (κ1) is 13.5. The molecular weight excluding hydrogens is 284 g/mol. The van der Waals surface area contributed by atoms with E-state index >= 15 is 0 Å². The minimum atomic E-state index is -0.112. The number of fused-ring (bicyclic) bond motifs is 2. The van der Waals surface area contributed by atoms with Crippen LogP contribution in [-0.2, 0) is 0 Å². The van der Waals surface area contributed by atoms with E-state index in [1.165, 1.54) is 0 Å². The molecule has 2 heteroatoms. The summed E-state index contributed by atoms with van der Waals surface area (Å²) in [5, 5.41) is 0. The molecule has 0 bridgehead atoms. The molecule has 0 aromatic heterocycles. The third kappa shape index (κ3) is 2.23. The molecule has 2 aliphatic rings. The lowest BCUT2D eigenvalue weighted by Crippen LogP contribution is -2.20. The molecule has 0 unspecified atom stereocenters. The Hall–Kier alpha value is -3.18. The Morgan fingerprint density at radius 1 is 0.739 bits per heavy atom. The van der Waals surface area contributed by atoms with Gasteiger partial charge in [0.05, 0.1) is 5.92 Å². The van der Waals surface area contributed by atoms with Gasteiger partial charge in [0.1, 0.15) is 0 Å². The van der Waals surface area contributed by atoms with Crippen LogP contribution in [0, 0.1) is 17.8 Å². The van der Waals surface area contributed by atoms with Crippen molar-refractivity contribution in [1.29, 1.82) is 0 Å². The average molecular weight is 296 g/mol. The maximum absolute atomic E-state index is 12.6. The number of benzene rings is 2. The number of carbonyl (C=O) groups excluding carboxylic acids is 2. The SMILES string of the molecule is O=C1c2ccccc2C(=O)c2cc(C#CC3C=CC=C3)ccc21. The quantitative estimate of drug-likeness (QED) is 0.594. The molecule has 0 aliphatic heterocycles. The third-order valence-corrected chi connectivity index (χ3v) is 4.06. The summed E-state index contributed by atoms with van der Waals surface area (Å²) < 4.78 is 0. The van der Waals surface area contributed by atoms with Gasteiger partial charge in [0.25, 0.3) is 0 Å². The zero-order valence-corrected chi connectivity index (χ0v) is 12.2. The molecule has 23 heavy (non-hydrogen) atoms. The monoisotopic (exact) mass is 296 g/mol. The summed E-state index contributed by atoms with van der Waals surface area (Å²) in [6.07, 6.45) is 7.95. The maximum Gasteiger partial charge on any atom is 0.194 e. The molecule has 0 N–H and O–H groups in total. The normalized spacial score (nSPS) is 15.1. The molecule has 0 heterocycles. The number of allylic oxidation sites excluding steroid dienone is 4. The highest BCUT2D eigenvalue weighted by Gasteiger charge is 2.29. The van der Waals surface area contributed by atoms with E-state index in [4.69, 9.17) is 0 Å². The Bertz CT molecular complexity index is 953. The van der Waals surface area contributed by atoms with Gasteiger partial charge in [-0.2, -0.15) is 0 Å². The minimum Gasteiger partial charge on any atom is -0.289 e. The summed E-state index contributed by atoms with van der Waals surface area (Å²) in [7, 11) is 0. The van der Waals surface area contributed by atoms with Gasteiger partial charge >= 0.3 is 0 Å². The van der Waals surface area contributed by atoms with E-state index in [1.54, 1.807) is 42.5 Å². The Morgan fingerprint density at radius 3 is 2.04 bits per heavy atom. The highest BCUT2D eigenvalue weighted by atomic mass is 16.1. The molecule has 0 radical (unpaired) electrons. The van der Waals surface area contributed by atoms with Crippen molar-refractivity contribution in [1.82, 2.24) is 0 Å². The molecule has 2 aromatic rings. The topological polar surface area (TPSA) is 34.1 Å². The maximum atomic E-state index is 12.6. The molecule has 4 rings (SSSR count). The van der Waals surface area contributed by atoms with Crippen molar-refractivity contribution in [2.24, 2.45) is 5.92 Å². The van der Waals surface area contributed by atoms with Gasteiger partial charge in [-0.1, -0.05) is 60.4 Å². The van der Waals surface area contributed by atoms with Crippen molar-refractivity contribution in [2.75, 3.05) is 0 Å². The predicted molar refractivity (Wildman–Crippen MR) is 88.4 cm³/mol. The van der Waals surface area contributed by atoms with E-state index in [2.05, 4.69) is 11.8 Å². The van der Waals surface area contributed by atoms with Crippen LogP contribution >= 0.6 is 0 Å². The first-order valence-corrected chi connectivity index (χ1v) is 7.43. The smallest absolute Gasteiger partial charge is 0.194 e. The van der Waals surface area contributed by atoms with Gasteiger partial charge in [0.2, 0.25) is 0 Å². The second-order valence-electron chi connectivity index (χ2n) is 5.53. The molecular formula is C21H12O2. The van der Waals surface area contributed by atoms with Crippen LogP contribution in [0.5, 0.6) is 0 Å². The van der Waals surface area contributed by atoms with Crippen LogP contribution in [0.4, 0.5) is 0 Å². The Balaban J connectivity index is 1.77. The Labute approximate surface area is 134 Å². The first-order chi connectivity index (χ1) is 11.2. The summed E-state index contributed by atoms with van der Waals surface area (Å²) in [5.74, 6) is 6.11. The van der Waals surface area contributed by atoms with Gasteiger partial charge in [-0.05, 0) is 18.2 Å². The van der Waals surface area contributed by atoms with Crippen LogP contribution < -0.4 is 0 Å². The van der Waals surface area contributed by atoms with Crippen molar-refractivity contribution < 1.29 is 9.59 Å². The van der Waals surface area contributed by atoms with Crippen LogP contribution in [0.15, 0.2) is 66.8 Å². The van der Waals surface area contributed by atoms with E-state index in [9.17, 15) is 9.59 Å². The minimum absolute atomic E-state index is 0.101. The molecule has 0 atom stereocenters. The van der Waals surface area contributed by atoms with Crippen LogP contribution in [0.3, 0.4) is 0 Å². The number of rotatable bonds is 0. The van der Waals surface area contributed by atoms with E-state index in [0.717, 1.165) is 5.56 Å². The summed E-state index contributed by atoms with van der Waals surface area (Å²) >= 11 is 0. The van der Waals surface area contributed by atoms with Gasteiger partial charge in [-0.25, -0.2) is 0 Å². The molecule has 0 spiro atoms. The second-order valence-corrected chi connectivity index (χ2v) is 5.53. The van der Waals surface area contributed by atoms with E-state index in [1.807, 2.05) is 24.3 Å². The van der Waals surface area contributed by atoms with Crippen LogP contribution in [0.25, 0.3) is 0 Å². The number of carbonyl (C=O) groups is 2. The molecule has 0 amide bonds. The standard InChI is InChI=1S/C21H12O2/c22-20-16-7-3-4-8-17(16)21(23)19-13-15(11-12-18(19)20)10-9-14-5-1-2-6-14/h1-8,11-14H. The van der Waals surface area contributed by atoms with Crippen molar-refractivity contribution in [3.05, 3.63) is 94.6 Å². The Morgan fingerprint density at radius 2 is 1.35 bits per heavy atom. The summed E-state index contributed by atoms with van der Waals surface area (Å²) in [6.45, 7) is 0. The number of hydrogen-bond donors (Lipinski definition) is 0. The fourth-order valence-corrected chi connectivity index (χ4v) is 2.87. The highest BCUT2D eigenvalue weighted by Crippen LogP contribution is 2.27. The molecule has 0 fully saturated rings. The lowest BCUT2D eigenvalue weighted by molar-refractivity contribution is 0.0979. The molecule has 0 saturated carbocycles. The van der Waals surface area contributed by atoms with Crippen molar-refractivity contribution in [3.63, 3.8) is 0 Å². The molecule has 108 valence electrons. The van der Waals surface area contributed by atoms with Crippen molar-refractivity contribution >= 4 is 11.6 Å². The van der Waals surface area contributed by atoms with Gasteiger partial charge in [-0.3, -0.25) is 9.59 Å². The summed E-state index contributed by atoms with van der Waals surface area (Å²) in [4.78, 5) is 25.2. The average Bonchev–Trinajstić information content (AvgIpc) is 3.11. The van der Waals surface area contributed by atoms with E-state index in [-0.39, 0.29) is 17.5 Å². The van der Waals surface area contributed by atoms with Gasteiger partial charge in [-0.15, -0.1) is 0 Å². The largest absolute Gasteiger partial charge is 0.289 e. The number of hydrogen-bond acceptors (Lipinski definition) is 2. The van der Waals surface area contributed by atoms with Gasteiger partial charge in [0.15, 0.2) is 11.6 Å². The third-order valence-electron chi connectivity index (χ3n) is 4.06. The van der Waals surface area contributed by atoms with Crippen molar-refractivity contribution in [3.8, 4) is 11.8 Å². The number of ketones is 2. The van der Waals surface area contributed by atoms with E-state index < -0.39 is 0 Å². The summed E-state index contributed by atoms with van der Waals surface area (Å²) in [6, 6.07) is 12.2. The molecule has 2 aliphatic carbocycles. The molecule has 2 nitrogen and oxygen atoms in total. The second kappa shape index (κ2) is 5.23. The van der Waals surface area contributed by atoms with Crippen LogP contribution in [0.2, 0.25) is 0 Å². The predicted octanol–water partition coefficient (Wildman–Crippen LogP) is 3.56. The van der Waals surface area contributed by atoms with Crippen LogP contribution in [0.1, 0.15) is 37.4 Å². The summed E-state index contributed by atoms with van der Waals surface area (Å²) in [5.41, 5.74) is 2.60. The van der Waals surface area contributed by atoms with Crippen molar-refractivity contribution in [2.45, 2.75) is 0 Å². The highest BCUT2D eigenvalue weighted by molar-refractivity contribution is 6.28. The van der Waals surface area contributed by atoms with Crippen LogP contribution in [-0.4, -0.2) is 11.6 Å². The lowest BCUT2D eigenvalue weighted by Gasteiger charge is -2.17. The lowest BCUT2D eigenvalue weighted by atomic mass is 9.83. The fraction of sp³-hybridized carbons (Fsp3) is 0.0476.